The van der Waals surface area contributed by atoms with Gasteiger partial charge in [0.2, 0.25) is 0 Å². The van der Waals surface area contributed by atoms with Gasteiger partial charge in [0.1, 0.15) is 0 Å². The summed E-state index contributed by atoms with van der Waals surface area (Å²) in [7, 11) is 0. The van der Waals surface area contributed by atoms with Crippen LogP contribution >= 0.6 is 22.6 Å². The number of hydrogen-bond acceptors (Lipinski definition) is 1. The van der Waals surface area contributed by atoms with Crippen molar-refractivity contribution in [3.05, 3.63) is 137 Å². The Morgan fingerprint density at radius 1 is 0.343 bits per heavy atom. The van der Waals surface area contributed by atoms with E-state index in [2.05, 4.69) is 137 Å². The van der Waals surface area contributed by atoms with Crippen LogP contribution in [0.3, 0.4) is 0 Å². The molecular weight excluding hydrogens is 537 g/mol. The zero-order valence-electron chi connectivity index (χ0n) is 19.0. The third-order valence-electron chi connectivity index (χ3n) is 6.47. The van der Waals surface area contributed by atoms with Gasteiger partial charge in [0, 0.05) is 16.0 Å². The molecule has 0 bridgehead atoms. The number of pyridine rings is 1. The van der Waals surface area contributed by atoms with Crippen LogP contribution in [0.4, 0.5) is 0 Å². The van der Waals surface area contributed by atoms with Gasteiger partial charge in [-0.1, -0.05) is 84.9 Å². The van der Waals surface area contributed by atoms with Crippen LogP contribution in [-0.4, -0.2) is 4.98 Å². The maximum Gasteiger partial charge on any atom is 0.0273 e. The molecule has 0 fully saturated rings. The van der Waals surface area contributed by atoms with Gasteiger partial charge in [0.25, 0.3) is 0 Å². The summed E-state index contributed by atoms with van der Waals surface area (Å²) in [6.45, 7) is 0. The van der Waals surface area contributed by atoms with E-state index in [0.717, 1.165) is 0 Å². The lowest BCUT2D eigenvalue weighted by Gasteiger charge is -2.09. The molecule has 0 unspecified atom stereocenters. The number of benzene rings is 5. The largest absolute Gasteiger partial charge is 0.265 e. The number of nitrogens with zero attached hydrogens (tertiary/aromatic N) is 1. The zero-order chi connectivity index (χ0) is 23.6. The summed E-state index contributed by atoms with van der Waals surface area (Å²) in [5.41, 5.74) is 9.80. The van der Waals surface area contributed by atoms with Crippen LogP contribution in [0.15, 0.2) is 134 Å². The van der Waals surface area contributed by atoms with Gasteiger partial charge >= 0.3 is 0 Å². The van der Waals surface area contributed by atoms with Crippen LogP contribution in [0.25, 0.3) is 55.3 Å². The van der Waals surface area contributed by atoms with E-state index in [9.17, 15) is 0 Å². The van der Waals surface area contributed by atoms with Gasteiger partial charge in [0.15, 0.2) is 0 Å². The molecule has 0 atom stereocenters. The third-order valence-corrected chi connectivity index (χ3v) is 7.19. The van der Waals surface area contributed by atoms with Crippen molar-refractivity contribution in [2.75, 3.05) is 0 Å². The fraction of sp³-hybridized carbons (Fsp3) is 0. The summed E-state index contributed by atoms with van der Waals surface area (Å²) in [5, 5.41) is 2.50. The molecule has 0 aliphatic carbocycles. The predicted molar refractivity (Wildman–Crippen MR) is 156 cm³/mol. The molecule has 0 saturated heterocycles. The molecule has 5 aromatic carbocycles. The molecule has 0 spiro atoms. The average molecular weight is 559 g/mol. The van der Waals surface area contributed by atoms with Gasteiger partial charge in [-0.25, -0.2) is 0 Å². The Morgan fingerprint density at radius 2 is 0.657 bits per heavy atom. The quantitative estimate of drug-likeness (QED) is 0.196. The predicted octanol–water partition coefficient (Wildman–Crippen LogP) is 9.51. The highest BCUT2D eigenvalue weighted by Crippen LogP contribution is 2.31. The van der Waals surface area contributed by atoms with Crippen molar-refractivity contribution in [2.24, 2.45) is 0 Å². The van der Waals surface area contributed by atoms with Crippen molar-refractivity contribution < 1.29 is 0 Å². The molecule has 0 N–H and O–H groups in total. The van der Waals surface area contributed by atoms with Crippen LogP contribution in [0.5, 0.6) is 0 Å². The number of aromatic nitrogens is 1. The Bertz CT molecular complexity index is 1600. The summed E-state index contributed by atoms with van der Waals surface area (Å²) in [4.78, 5) is 4.11. The molecule has 166 valence electrons. The van der Waals surface area contributed by atoms with Crippen LogP contribution in [0, 0.1) is 3.57 Å². The Labute approximate surface area is 219 Å². The van der Waals surface area contributed by atoms with E-state index in [4.69, 9.17) is 0 Å². The van der Waals surface area contributed by atoms with Crippen molar-refractivity contribution in [1.82, 2.24) is 4.98 Å². The van der Waals surface area contributed by atoms with Crippen LogP contribution < -0.4 is 0 Å². The van der Waals surface area contributed by atoms with Gasteiger partial charge in [0.05, 0.1) is 0 Å². The summed E-state index contributed by atoms with van der Waals surface area (Å²) < 4.78 is 1.25. The SMILES string of the molecule is Ic1ccc(-c2ccc(-c3ccc4cc(-c5ccc(-c6ccncc6)cc5)ccc4c3)cc2)cc1. The molecule has 2 heteroatoms. The molecule has 35 heavy (non-hydrogen) atoms. The van der Waals surface area contributed by atoms with Crippen molar-refractivity contribution in [2.45, 2.75) is 0 Å². The van der Waals surface area contributed by atoms with Crippen molar-refractivity contribution >= 4 is 33.4 Å². The van der Waals surface area contributed by atoms with E-state index in [-0.39, 0.29) is 0 Å². The third kappa shape index (κ3) is 4.62. The fourth-order valence-corrected chi connectivity index (χ4v) is 4.86. The summed E-state index contributed by atoms with van der Waals surface area (Å²) in [6.07, 6.45) is 3.66. The monoisotopic (exact) mass is 559 g/mol. The molecule has 0 saturated carbocycles. The lowest BCUT2D eigenvalue weighted by atomic mass is 9.96. The Kier molecular flexibility index (Phi) is 5.89. The number of halogens is 1. The minimum Gasteiger partial charge on any atom is -0.265 e. The van der Waals surface area contributed by atoms with Gasteiger partial charge in [-0.2, -0.15) is 0 Å². The number of hydrogen-bond donors (Lipinski definition) is 0. The van der Waals surface area contributed by atoms with Crippen molar-refractivity contribution in [3.63, 3.8) is 0 Å². The topological polar surface area (TPSA) is 12.9 Å². The highest BCUT2D eigenvalue weighted by molar-refractivity contribution is 14.1. The lowest BCUT2D eigenvalue weighted by Crippen LogP contribution is -1.84. The summed E-state index contributed by atoms with van der Waals surface area (Å²) in [6, 6.07) is 43.8. The van der Waals surface area contributed by atoms with Gasteiger partial charge in [-0.15, -0.1) is 0 Å². The summed E-state index contributed by atoms with van der Waals surface area (Å²) >= 11 is 2.34. The minimum absolute atomic E-state index is 1.18. The number of fused-ring (bicyclic) bond motifs is 1. The van der Waals surface area contributed by atoms with Crippen molar-refractivity contribution in [1.29, 1.82) is 0 Å². The van der Waals surface area contributed by atoms with E-state index in [1.54, 1.807) is 0 Å². The average Bonchev–Trinajstić information content (AvgIpc) is 2.94. The second-order valence-corrected chi connectivity index (χ2v) is 9.92. The standard InChI is InChI=1S/C33H22IN/c34-33-15-13-25(14-16-33)23-1-5-26(6-2-23)29-9-11-32-22-30(10-12-31(32)21-29)27-7-3-24(4-8-27)28-17-19-35-20-18-28/h1-22H. The number of rotatable bonds is 4. The van der Waals surface area contributed by atoms with Crippen LogP contribution in [0.2, 0.25) is 0 Å². The van der Waals surface area contributed by atoms with Gasteiger partial charge in [-0.05, 0) is 114 Å². The van der Waals surface area contributed by atoms with Crippen molar-refractivity contribution in [3.8, 4) is 44.5 Å². The van der Waals surface area contributed by atoms with Gasteiger partial charge in [-0.3, -0.25) is 4.98 Å². The van der Waals surface area contributed by atoms with E-state index in [0.29, 0.717) is 0 Å². The maximum absolute atomic E-state index is 4.11. The van der Waals surface area contributed by atoms with E-state index in [1.165, 1.54) is 58.9 Å². The van der Waals surface area contributed by atoms with E-state index in [1.807, 2.05) is 24.5 Å². The molecule has 0 amide bonds. The molecule has 6 aromatic rings. The molecular formula is C33H22IN. The Balaban J connectivity index is 1.26. The van der Waals surface area contributed by atoms with E-state index < -0.39 is 0 Å². The smallest absolute Gasteiger partial charge is 0.0273 e. The Morgan fingerprint density at radius 3 is 1.09 bits per heavy atom. The van der Waals surface area contributed by atoms with Gasteiger partial charge < -0.3 is 0 Å². The van der Waals surface area contributed by atoms with Crippen LogP contribution in [0.1, 0.15) is 0 Å². The Hall–Kier alpha value is -3.76. The molecule has 1 aromatic heterocycles. The molecule has 1 nitrogen and oxygen atoms in total. The zero-order valence-corrected chi connectivity index (χ0v) is 21.2. The maximum atomic E-state index is 4.11. The highest BCUT2D eigenvalue weighted by atomic mass is 127. The minimum atomic E-state index is 1.18. The first-order chi connectivity index (χ1) is 17.2. The normalized spacial score (nSPS) is 11.0. The fourth-order valence-electron chi connectivity index (χ4n) is 4.50. The molecule has 1 heterocycles. The second kappa shape index (κ2) is 9.47. The van der Waals surface area contributed by atoms with E-state index >= 15 is 0 Å². The molecule has 6 rings (SSSR count). The summed E-state index contributed by atoms with van der Waals surface area (Å²) in [5.74, 6) is 0. The first-order valence-corrected chi connectivity index (χ1v) is 12.7. The lowest BCUT2D eigenvalue weighted by molar-refractivity contribution is 1.33. The first-order valence-electron chi connectivity index (χ1n) is 11.6. The molecule has 0 aliphatic heterocycles. The molecule has 0 aliphatic rings. The van der Waals surface area contributed by atoms with Crippen LogP contribution in [-0.2, 0) is 0 Å². The highest BCUT2D eigenvalue weighted by Gasteiger charge is 2.05. The first kappa shape index (κ1) is 21.8. The second-order valence-electron chi connectivity index (χ2n) is 8.67. The molecule has 0 radical (unpaired) electrons.